The van der Waals surface area contributed by atoms with Crippen LogP contribution in [0.25, 0.3) is 0 Å². The lowest BCUT2D eigenvalue weighted by molar-refractivity contribution is -0.127. The minimum atomic E-state index is -0.455. The predicted molar refractivity (Wildman–Crippen MR) is 78.1 cm³/mol. The van der Waals surface area contributed by atoms with Crippen LogP contribution in [-0.4, -0.2) is 38.8 Å². The minimum absolute atomic E-state index is 0.0567. The molecule has 1 heterocycles. The number of rotatable bonds is 7. The van der Waals surface area contributed by atoms with E-state index in [1.165, 1.54) is 0 Å². The summed E-state index contributed by atoms with van der Waals surface area (Å²) in [6.07, 6.45) is 2.59. The molecule has 5 heteroatoms. The maximum Gasteiger partial charge on any atom is 0.262 e. The van der Waals surface area contributed by atoms with Crippen molar-refractivity contribution in [2.75, 3.05) is 32.1 Å². The summed E-state index contributed by atoms with van der Waals surface area (Å²) in [5.74, 6) is 0.678. The largest absolute Gasteiger partial charge is 0.477 e. The molecule has 2 rings (SSSR count). The molecule has 0 radical (unpaired) electrons. The van der Waals surface area contributed by atoms with Gasteiger partial charge in [-0.3, -0.25) is 4.79 Å². The zero-order valence-corrected chi connectivity index (χ0v) is 11.9. The first kappa shape index (κ1) is 14.7. The van der Waals surface area contributed by atoms with Crippen molar-refractivity contribution in [3.05, 3.63) is 24.3 Å². The second kappa shape index (κ2) is 7.75. The average Bonchev–Trinajstić information content (AvgIpc) is 2.50. The Morgan fingerprint density at radius 1 is 1.40 bits per heavy atom. The number of hydrogen-bond acceptors (Lipinski definition) is 4. The third kappa shape index (κ3) is 4.13. The number of amides is 1. The lowest BCUT2D eigenvalue weighted by atomic mass is 10.2. The van der Waals surface area contributed by atoms with Crippen molar-refractivity contribution in [1.29, 1.82) is 0 Å². The molecule has 0 fully saturated rings. The Morgan fingerprint density at radius 2 is 2.25 bits per heavy atom. The molecular weight excluding hydrogens is 256 g/mol. The number of nitrogens with one attached hydrogen (secondary N) is 2. The molecule has 1 unspecified atom stereocenters. The van der Waals surface area contributed by atoms with Gasteiger partial charge in [0.05, 0.1) is 12.2 Å². The smallest absolute Gasteiger partial charge is 0.262 e. The second-order valence-electron chi connectivity index (χ2n) is 4.83. The number of hydrogen-bond donors (Lipinski definition) is 2. The van der Waals surface area contributed by atoms with Crippen LogP contribution in [0.5, 0.6) is 5.75 Å². The van der Waals surface area contributed by atoms with Crippen LogP contribution in [0.4, 0.5) is 5.69 Å². The van der Waals surface area contributed by atoms with Gasteiger partial charge in [0.1, 0.15) is 5.75 Å². The van der Waals surface area contributed by atoms with Crippen LogP contribution in [0, 0.1) is 0 Å². The van der Waals surface area contributed by atoms with E-state index >= 15 is 0 Å². The van der Waals surface area contributed by atoms with E-state index in [0.29, 0.717) is 13.1 Å². The van der Waals surface area contributed by atoms with E-state index < -0.39 is 6.10 Å². The van der Waals surface area contributed by atoms with E-state index in [9.17, 15) is 4.79 Å². The van der Waals surface area contributed by atoms with E-state index in [-0.39, 0.29) is 5.91 Å². The number of anilines is 1. The highest BCUT2D eigenvalue weighted by Crippen LogP contribution is 2.28. The molecule has 0 aliphatic carbocycles. The fraction of sp³-hybridized carbons (Fsp3) is 0.533. The summed E-state index contributed by atoms with van der Waals surface area (Å²) in [4.78, 5) is 12.0. The molecule has 2 N–H and O–H groups in total. The number of fused-ring (bicyclic) bond motifs is 1. The van der Waals surface area contributed by atoms with Gasteiger partial charge in [-0.2, -0.15) is 0 Å². The van der Waals surface area contributed by atoms with Crippen LogP contribution < -0.4 is 15.4 Å². The van der Waals surface area contributed by atoms with Crippen molar-refractivity contribution in [3.8, 4) is 5.75 Å². The first-order valence-corrected chi connectivity index (χ1v) is 7.07. The number of unbranched alkanes of at least 4 members (excludes halogenated alkanes) is 2. The molecule has 0 aromatic heterocycles. The van der Waals surface area contributed by atoms with Crippen molar-refractivity contribution < 1.29 is 14.3 Å². The molecule has 0 bridgehead atoms. The lowest BCUT2D eigenvalue weighted by Crippen LogP contribution is -2.44. The third-order valence-corrected chi connectivity index (χ3v) is 3.25. The number of carbonyl (C=O) groups is 1. The number of carbonyl (C=O) groups excluding carboxylic acids is 1. The minimum Gasteiger partial charge on any atom is -0.477 e. The molecule has 110 valence electrons. The molecule has 0 saturated carbocycles. The van der Waals surface area contributed by atoms with Crippen LogP contribution in [0.3, 0.4) is 0 Å². The third-order valence-electron chi connectivity index (χ3n) is 3.25. The highest BCUT2D eigenvalue weighted by molar-refractivity contribution is 5.83. The summed E-state index contributed by atoms with van der Waals surface area (Å²) in [6.45, 7) is 1.97. The molecule has 1 aliphatic rings. The zero-order chi connectivity index (χ0) is 14.2. The first-order valence-electron chi connectivity index (χ1n) is 7.07. The molecule has 5 nitrogen and oxygen atoms in total. The van der Waals surface area contributed by atoms with Crippen molar-refractivity contribution >= 4 is 11.6 Å². The van der Waals surface area contributed by atoms with Crippen molar-refractivity contribution in [3.63, 3.8) is 0 Å². The molecule has 1 aliphatic heterocycles. The SMILES string of the molecule is COCCCCCNC(=O)C1CNc2ccccc2O1. The Labute approximate surface area is 119 Å². The van der Waals surface area contributed by atoms with Crippen LogP contribution in [0.2, 0.25) is 0 Å². The summed E-state index contributed by atoms with van der Waals surface area (Å²) in [5, 5.41) is 6.12. The van der Waals surface area contributed by atoms with Gasteiger partial charge in [0.15, 0.2) is 6.10 Å². The number of para-hydroxylation sites is 2. The van der Waals surface area contributed by atoms with Gasteiger partial charge >= 0.3 is 0 Å². The van der Waals surface area contributed by atoms with Gasteiger partial charge in [-0.1, -0.05) is 12.1 Å². The van der Waals surface area contributed by atoms with Gasteiger partial charge in [0, 0.05) is 20.3 Å². The van der Waals surface area contributed by atoms with Crippen LogP contribution in [0.15, 0.2) is 24.3 Å². The molecule has 1 atom stereocenters. The molecule has 0 saturated heterocycles. The van der Waals surface area contributed by atoms with Crippen molar-refractivity contribution in [1.82, 2.24) is 5.32 Å². The van der Waals surface area contributed by atoms with E-state index in [2.05, 4.69) is 10.6 Å². The fourth-order valence-electron chi connectivity index (χ4n) is 2.13. The summed E-state index contributed by atoms with van der Waals surface area (Å²) in [7, 11) is 1.70. The van der Waals surface area contributed by atoms with Gasteiger partial charge in [-0.25, -0.2) is 0 Å². The molecule has 20 heavy (non-hydrogen) atoms. The number of methoxy groups -OCH3 is 1. The standard InChI is InChI=1S/C15H22N2O3/c1-19-10-6-2-5-9-16-15(18)14-11-17-12-7-3-4-8-13(12)20-14/h3-4,7-8,14,17H,2,5-6,9-11H2,1H3,(H,16,18). The van der Waals surface area contributed by atoms with Gasteiger partial charge in [-0.15, -0.1) is 0 Å². The van der Waals surface area contributed by atoms with Gasteiger partial charge in [0.2, 0.25) is 0 Å². The maximum absolute atomic E-state index is 12.0. The Kier molecular flexibility index (Phi) is 5.68. The maximum atomic E-state index is 12.0. The number of benzene rings is 1. The van der Waals surface area contributed by atoms with Gasteiger partial charge < -0.3 is 20.1 Å². The predicted octanol–water partition coefficient (Wildman–Crippen LogP) is 1.79. The van der Waals surface area contributed by atoms with Gasteiger partial charge in [-0.05, 0) is 31.4 Å². The van der Waals surface area contributed by atoms with E-state index in [1.54, 1.807) is 7.11 Å². The highest BCUT2D eigenvalue weighted by Gasteiger charge is 2.24. The number of ether oxygens (including phenoxy) is 2. The molecule has 1 aromatic rings. The zero-order valence-electron chi connectivity index (χ0n) is 11.9. The quantitative estimate of drug-likeness (QED) is 0.747. The molecule has 1 amide bonds. The average molecular weight is 278 g/mol. The van der Waals surface area contributed by atoms with E-state index in [0.717, 1.165) is 37.3 Å². The van der Waals surface area contributed by atoms with E-state index in [4.69, 9.17) is 9.47 Å². The van der Waals surface area contributed by atoms with Crippen molar-refractivity contribution in [2.24, 2.45) is 0 Å². The Bertz CT molecular complexity index is 437. The second-order valence-corrected chi connectivity index (χ2v) is 4.83. The summed E-state index contributed by atoms with van der Waals surface area (Å²) >= 11 is 0. The monoisotopic (exact) mass is 278 g/mol. The lowest BCUT2D eigenvalue weighted by Gasteiger charge is -2.26. The fourth-order valence-corrected chi connectivity index (χ4v) is 2.13. The summed E-state index contributed by atoms with van der Waals surface area (Å²) in [6, 6.07) is 7.65. The summed E-state index contributed by atoms with van der Waals surface area (Å²) < 4.78 is 10.7. The highest BCUT2D eigenvalue weighted by atomic mass is 16.5. The Hall–Kier alpha value is -1.75. The molecule has 1 aromatic carbocycles. The Balaban J connectivity index is 1.69. The molecular formula is C15H22N2O3. The van der Waals surface area contributed by atoms with Crippen LogP contribution in [-0.2, 0) is 9.53 Å². The topological polar surface area (TPSA) is 59.6 Å². The van der Waals surface area contributed by atoms with Gasteiger partial charge in [0.25, 0.3) is 5.91 Å². The van der Waals surface area contributed by atoms with Crippen molar-refractivity contribution in [2.45, 2.75) is 25.4 Å². The summed E-state index contributed by atoms with van der Waals surface area (Å²) in [5.41, 5.74) is 0.941. The van der Waals surface area contributed by atoms with E-state index in [1.807, 2.05) is 24.3 Å². The van der Waals surface area contributed by atoms with Crippen LogP contribution in [0.1, 0.15) is 19.3 Å². The Morgan fingerprint density at radius 3 is 3.10 bits per heavy atom. The first-order chi connectivity index (χ1) is 9.81. The normalized spacial score (nSPS) is 16.8. The van der Waals surface area contributed by atoms with Crippen LogP contribution >= 0.6 is 0 Å². The molecule has 0 spiro atoms.